The van der Waals surface area contributed by atoms with E-state index in [1.54, 1.807) is 7.11 Å². The first-order valence-electron chi connectivity index (χ1n) is 5.32. The van der Waals surface area contributed by atoms with Crippen molar-refractivity contribution in [2.75, 3.05) is 20.2 Å². The van der Waals surface area contributed by atoms with Crippen molar-refractivity contribution in [2.45, 2.75) is 31.4 Å². The lowest BCUT2D eigenvalue weighted by Crippen LogP contribution is -2.43. The summed E-state index contributed by atoms with van der Waals surface area (Å²) in [6.45, 7) is 1.67. The molecule has 0 spiro atoms. The number of amides is 1. The van der Waals surface area contributed by atoms with Gasteiger partial charge in [0.05, 0.1) is 12.1 Å². The smallest absolute Gasteiger partial charge is 0.220 e. The largest absolute Gasteiger partial charge is 0.378 e. The molecule has 0 aromatic carbocycles. The molecule has 80 valence electrons. The molecule has 0 aromatic heterocycles. The Kier molecular flexibility index (Phi) is 3.03. The minimum Gasteiger partial charge on any atom is -0.378 e. The molecule has 0 bridgehead atoms. The van der Waals surface area contributed by atoms with Gasteiger partial charge in [-0.1, -0.05) is 0 Å². The number of ether oxygens (including phenoxy) is 1. The lowest BCUT2D eigenvalue weighted by atomic mass is 10.2. The molecule has 0 radical (unpaired) electrons. The predicted octanol–water partition coefficient (Wildman–Crippen LogP) is -0.111. The van der Waals surface area contributed by atoms with Gasteiger partial charge in [-0.2, -0.15) is 0 Å². The summed E-state index contributed by atoms with van der Waals surface area (Å²) in [5.74, 6) is 0.841. The van der Waals surface area contributed by atoms with Gasteiger partial charge in [-0.05, 0) is 18.8 Å². The first-order valence-corrected chi connectivity index (χ1v) is 5.32. The molecule has 2 fully saturated rings. The average Bonchev–Trinajstić information content (AvgIpc) is 2.84. The van der Waals surface area contributed by atoms with Crippen molar-refractivity contribution in [1.29, 1.82) is 0 Å². The van der Waals surface area contributed by atoms with Gasteiger partial charge in [0, 0.05) is 26.6 Å². The summed E-state index contributed by atoms with van der Waals surface area (Å²) in [6.07, 6.45) is 3.29. The normalized spacial score (nSPS) is 31.8. The number of hydrogen-bond acceptors (Lipinski definition) is 3. The van der Waals surface area contributed by atoms with E-state index in [1.807, 2.05) is 0 Å². The van der Waals surface area contributed by atoms with E-state index >= 15 is 0 Å². The summed E-state index contributed by atoms with van der Waals surface area (Å²) >= 11 is 0. The van der Waals surface area contributed by atoms with Crippen LogP contribution in [0.15, 0.2) is 0 Å². The first kappa shape index (κ1) is 9.93. The van der Waals surface area contributed by atoms with Crippen molar-refractivity contribution in [3.63, 3.8) is 0 Å². The lowest BCUT2D eigenvalue weighted by molar-refractivity contribution is -0.122. The van der Waals surface area contributed by atoms with Crippen LogP contribution in [-0.4, -0.2) is 38.3 Å². The summed E-state index contributed by atoms with van der Waals surface area (Å²) in [6, 6.07) is 0.159. The second-order valence-corrected chi connectivity index (χ2v) is 4.25. The van der Waals surface area contributed by atoms with E-state index in [1.165, 1.54) is 12.8 Å². The van der Waals surface area contributed by atoms with Gasteiger partial charge in [0.2, 0.25) is 5.91 Å². The molecule has 1 aliphatic carbocycles. The Hall–Kier alpha value is -0.610. The Bertz CT molecular complexity index is 216. The van der Waals surface area contributed by atoms with Gasteiger partial charge in [0.1, 0.15) is 0 Å². The number of nitrogens with one attached hydrogen (secondary N) is 2. The molecule has 4 nitrogen and oxygen atoms in total. The molecule has 1 unspecified atom stereocenters. The van der Waals surface area contributed by atoms with Gasteiger partial charge >= 0.3 is 0 Å². The molecule has 2 aliphatic rings. The number of carbonyl (C=O) groups is 1. The van der Waals surface area contributed by atoms with Crippen LogP contribution >= 0.6 is 0 Å². The summed E-state index contributed by atoms with van der Waals surface area (Å²) in [5.41, 5.74) is 0. The fraction of sp³-hybridized carbons (Fsp3) is 0.900. The molecule has 0 aromatic rings. The zero-order valence-electron chi connectivity index (χ0n) is 8.58. The van der Waals surface area contributed by atoms with Crippen molar-refractivity contribution < 1.29 is 9.53 Å². The third-order valence-electron chi connectivity index (χ3n) is 2.98. The van der Waals surface area contributed by atoms with E-state index < -0.39 is 0 Å². The van der Waals surface area contributed by atoms with Gasteiger partial charge in [-0.3, -0.25) is 4.79 Å². The van der Waals surface area contributed by atoms with E-state index in [2.05, 4.69) is 10.6 Å². The zero-order chi connectivity index (χ0) is 9.97. The zero-order valence-corrected chi connectivity index (χ0v) is 8.58. The van der Waals surface area contributed by atoms with Crippen molar-refractivity contribution in [2.24, 2.45) is 5.92 Å². The van der Waals surface area contributed by atoms with Crippen LogP contribution in [0.3, 0.4) is 0 Å². The van der Waals surface area contributed by atoms with Gasteiger partial charge < -0.3 is 15.4 Å². The van der Waals surface area contributed by atoms with Crippen LogP contribution in [0.2, 0.25) is 0 Å². The van der Waals surface area contributed by atoms with E-state index in [4.69, 9.17) is 4.74 Å². The summed E-state index contributed by atoms with van der Waals surface area (Å²) in [5, 5.41) is 6.23. The highest BCUT2D eigenvalue weighted by Crippen LogP contribution is 2.32. The Balaban J connectivity index is 1.74. The molecule has 4 heteroatoms. The molecule has 1 amide bonds. The second-order valence-electron chi connectivity index (χ2n) is 4.25. The molecule has 2 rings (SSSR count). The Morgan fingerprint density at radius 1 is 1.50 bits per heavy atom. The SMILES string of the molecule is CO[C@H]1CNCC1NC(=O)CC1CC1. The molecular formula is C10H18N2O2. The minimum absolute atomic E-state index is 0.137. The first-order chi connectivity index (χ1) is 6.79. The predicted molar refractivity (Wildman–Crippen MR) is 52.9 cm³/mol. The second kappa shape index (κ2) is 4.28. The topological polar surface area (TPSA) is 50.4 Å². The Morgan fingerprint density at radius 2 is 2.29 bits per heavy atom. The molecule has 1 saturated heterocycles. The van der Waals surface area contributed by atoms with Crippen LogP contribution in [0.5, 0.6) is 0 Å². The van der Waals surface area contributed by atoms with Crippen LogP contribution in [-0.2, 0) is 9.53 Å². The number of methoxy groups -OCH3 is 1. The van der Waals surface area contributed by atoms with Crippen LogP contribution in [0.25, 0.3) is 0 Å². The maximum Gasteiger partial charge on any atom is 0.220 e. The molecule has 1 heterocycles. The number of rotatable bonds is 4. The molecular weight excluding hydrogens is 180 g/mol. The minimum atomic E-state index is 0.137. The summed E-state index contributed by atoms with van der Waals surface area (Å²) in [7, 11) is 1.69. The van der Waals surface area contributed by atoms with Crippen LogP contribution in [0.4, 0.5) is 0 Å². The van der Waals surface area contributed by atoms with Gasteiger partial charge in [-0.25, -0.2) is 0 Å². The average molecular weight is 198 g/mol. The van der Waals surface area contributed by atoms with E-state index in [0.717, 1.165) is 13.1 Å². The van der Waals surface area contributed by atoms with Crippen LogP contribution in [0.1, 0.15) is 19.3 Å². The fourth-order valence-corrected chi connectivity index (χ4v) is 1.90. The van der Waals surface area contributed by atoms with Gasteiger partial charge in [0.25, 0.3) is 0 Å². The number of carbonyl (C=O) groups excluding carboxylic acids is 1. The van der Waals surface area contributed by atoms with E-state index in [0.29, 0.717) is 12.3 Å². The third-order valence-corrected chi connectivity index (χ3v) is 2.98. The number of hydrogen-bond donors (Lipinski definition) is 2. The summed E-state index contributed by atoms with van der Waals surface area (Å²) in [4.78, 5) is 11.5. The van der Waals surface area contributed by atoms with Crippen molar-refractivity contribution in [3.05, 3.63) is 0 Å². The van der Waals surface area contributed by atoms with E-state index in [9.17, 15) is 4.79 Å². The standard InChI is InChI=1S/C10H18N2O2/c1-14-9-6-11-5-8(9)12-10(13)4-7-2-3-7/h7-9,11H,2-6H2,1H3,(H,12,13)/t8?,9-/m0/s1. The molecule has 2 atom stereocenters. The third kappa shape index (κ3) is 2.45. The van der Waals surface area contributed by atoms with Crippen molar-refractivity contribution in [1.82, 2.24) is 10.6 Å². The van der Waals surface area contributed by atoms with Crippen LogP contribution < -0.4 is 10.6 Å². The Morgan fingerprint density at radius 3 is 2.93 bits per heavy atom. The maximum absolute atomic E-state index is 11.5. The molecule has 2 N–H and O–H groups in total. The molecule has 1 saturated carbocycles. The highest BCUT2D eigenvalue weighted by Gasteiger charge is 2.30. The maximum atomic E-state index is 11.5. The lowest BCUT2D eigenvalue weighted by Gasteiger charge is -2.18. The highest BCUT2D eigenvalue weighted by molar-refractivity contribution is 5.77. The fourth-order valence-electron chi connectivity index (χ4n) is 1.90. The van der Waals surface area contributed by atoms with Crippen molar-refractivity contribution >= 4 is 5.91 Å². The summed E-state index contributed by atoms with van der Waals surface area (Å²) < 4.78 is 5.27. The van der Waals surface area contributed by atoms with Crippen molar-refractivity contribution in [3.8, 4) is 0 Å². The van der Waals surface area contributed by atoms with Gasteiger partial charge in [-0.15, -0.1) is 0 Å². The monoisotopic (exact) mass is 198 g/mol. The van der Waals surface area contributed by atoms with E-state index in [-0.39, 0.29) is 18.1 Å². The highest BCUT2D eigenvalue weighted by atomic mass is 16.5. The quantitative estimate of drug-likeness (QED) is 0.662. The van der Waals surface area contributed by atoms with Crippen LogP contribution in [0, 0.1) is 5.92 Å². The molecule has 1 aliphatic heterocycles. The van der Waals surface area contributed by atoms with Gasteiger partial charge in [0.15, 0.2) is 0 Å². The molecule has 14 heavy (non-hydrogen) atoms. The Labute approximate surface area is 84.4 Å².